The largest absolute Gasteiger partial charge is 0.495 e. The Labute approximate surface area is 201 Å². The molecular weight excluding hydrogens is 488 g/mol. The molecule has 1 aromatic heterocycles. The molecule has 1 atom stereocenters. The molecular formula is C25H27BrN2O5. The van der Waals surface area contributed by atoms with Gasteiger partial charge in [0.05, 0.1) is 14.2 Å². The number of halogens is 1. The van der Waals surface area contributed by atoms with Gasteiger partial charge in [-0.3, -0.25) is 4.79 Å². The molecule has 2 aromatic carbocycles. The summed E-state index contributed by atoms with van der Waals surface area (Å²) >= 11 is 3.47. The first-order chi connectivity index (χ1) is 16.1. The van der Waals surface area contributed by atoms with E-state index >= 15 is 0 Å². The van der Waals surface area contributed by atoms with Gasteiger partial charge in [0.2, 0.25) is 11.5 Å². The first-order valence-corrected chi connectivity index (χ1v) is 11.6. The number of piperidine rings is 1. The number of hydrogen-bond donors (Lipinski definition) is 0. The van der Waals surface area contributed by atoms with Crippen molar-refractivity contribution >= 4 is 27.9 Å². The van der Waals surface area contributed by atoms with Crippen molar-refractivity contribution in [2.24, 2.45) is 0 Å². The lowest BCUT2D eigenvalue weighted by Crippen LogP contribution is -2.33. The van der Waals surface area contributed by atoms with E-state index in [1.165, 1.54) is 32.6 Å². The van der Waals surface area contributed by atoms with Gasteiger partial charge in [-0.2, -0.15) is 0 Å². The summed E-state index contributed by atoms with van der Waals surface area (Å²) in [6.07, 6.45) is 5.89. The smallest absolute Gasteiger partial charge is 0.239 e. The van der Waals surface area contributed by atoms with E-state index in [0.29, 0.717) is 27.2 Å². The number of rotatable bonds is 8. The number of methoxy groups -OCH3 is 3. The third kappa shape index (κ3) is 4.37. The average molecular weight is 515 g/mol. The van der Waals surface area contributed by atoms with Crippen LogP contribution in [0.25, 0.3) is 11.3 Å². The number of hydrogen-bond acceptors (Lipinski definition) is 7. The molecule has 3 aromatic rings. The summed E-state index contributed by atoms with van der Waals surface area (Å²) in [5.41, 5.74) is 1.58. The molecule has 174 valence electrons. The number of aldehydes is 1. The highest BCUT2D eigenvalue weighted by molar-refractivity contribution is 9.10. The van der Waals surface area contributed by atoms with E-state index in [1.807, 2.05) is 36.4 Å². The molecule has 8 heteroatoms. The molecule has 1 aliphatic rings. The predicted octanol–water partition coefficient (Wildman–Crippen LogP) is 5.20. The third-order valence-electron chi connectivity index (χ3n) is 6.07. The number of anilines is 1. The first-order valence-electron chi connectivity index (χ1n) is 10.8. The van der Waals surface area contributed by atoms with E-state index in [4.69, 9.17) is 18.6 Å². The van der Waals surface area contributed by atoms with Crippen molar-refractivity contribution in [3.05, 3.63) is 58.6 Å². The predicted molar refractivity (Wildman–Crippen MR) is 129 cm³/mol. The summed E-state index contributed by atoms with van der Waals surface area (Å²) in [5.74, 6) is 1.34. The summed E-state index contributed by atoms with van der Waals surface area (Å²) in [5, 5.41) is 0. The fraction of sp³-hybridized carbons (Fsp3) is 0.360. The van der Waals surface area contributed by atoms with E-state index in [2.05, 4.69) is 25.8 Å². The van der Waals surface area contributed by atoms with Gasteiger partial charge >= 0.3 is 0 Å². The number of carbonyl (C=O) groups excluding carboxylic acids is 1. The van der Waals surface area contributed by atoms with Gasteiger partial charge in [-0.15, -0.1) is 0 Å². The van der Waals surface area contributed by atoms with E-state index in [1.54, 1.807) is 14.2 Å². The Balaban J connectivity index is 1.69. The fourth-order valence-electron chi connectivity index (χ4n) is 4.16. The highest BCUT2D eigenvalue weighted by Gasteiger charge is 2.40. The first kappa shape index (κ1) is 23.3. The van der Waals surface area contributed by atoms with Crippen LogP contribution in [0.2, 0.25) is 0 Å². The number of benzene rings is 2. The van der Waals surface area contributed by atoms with Gasteiger partial charge in [0, 0.05) is 37.0 Å². The van der Waals surface area contributed by atoms with Crippen LogP contribution in [0.15, 0.2) is 51.6 Å². The van der Waals surface area contributed by atoms with Gasteiger partial charge < -0.3 is 23.5 Å². The molecule has 0 radical (unpaired) electrons. The minimum Gasteiger partial charge on any atom is -0.495 e. The van der Waals surface area contributed by atoms with E-state index in [0.717, 1.165) is 30.6 Å². The molecule has 1 saturated heterocycles. The van der Waals surface area contributed by atoms with Crippen LogP contribution >= 0.6 is 15.9 Å². The maximum Gasteiger partial charge on any atom is 0.239 e. The molecule has 0 saturated carbocycles. The average Bonchev–Trinajstić information content (AvgIpc) is 3.37. The summed E-state index contributed by atoms with van der Waals surface area (Å²) in [7, 11) is 4.63. The quantitative estimate of drug-likeness (QED) is 0.382. The molecule has 0 N–H and O–H groups in total. The highest BCUT2D eigenvalue weighted by atomic mass is 79.9. The van der Waals surface area contributed by atoms with Gasteiger partial charge in [0.1, 0.15) is 27.9 Å². The second kappa shape index (κ2) is 9.97. The summed E-state index contributed by atoms with van der Waals surface area (Å²) in [6.45, 7) is 2.09. The van der Waals surface area contributed by atoms with Crippen LogP contribution in [0.1, 0.15) is 30.7 Å². The maximum atomic E-state index is 12.4. The molecule has 33 heavy (non-hydrogen) atoms. The minimum absolute atomic E-state index is 0.154. The second-order valence-electron chi connectivity index (χ2n) is 7.88. The van der Waals surface area contributed by atoms with Gasteiger partial charge in [0.15, 0.2) is 6.29 Å². The highest BCUT2D eigenvalue weighted by Crippen LogP contribution is 2.40. The lowest BCUT2D eigenvalue weighted by molar-refractivity contribution is -0.126. The van der Waals surface area contributed by atoms with Gasteiger partial charge in [-0.1, -0.05) is 12.1 Å². The van der Waals surface area contributed by atoms with Crippen molar-refractivity contribution in [1.29, 1.82) is 0 Å². The van der Waals surface area contributed by atoms with Crippen LogP contribution in [0.3, 0.4) is 0 Å². The number of ether oxygens (including phenoxy) is 3. The summed E-state index contributed by atoms with van der Waals surface area (Å²) in [6, 6.07) is 11.5. The van der Waals surface area contributed by atoms with E-state index < -0.39 is 5.60 Å². The lowest BCUT2D eigenvalue weighted by atomic mass is 9.94. The van der Waals surface area contributed by atoms with Gasteiger partial charge in [-0.05, 0) is 59.5 Å². The zero-order valence-electron chi connectivity index (χ0n) is 19.0. The molecule has 4 rings (SSSR count). The molecule has 2 heterocycles. The normalized spacial score (nSPS) is 15.7. The lowest BCUT2D eigenvalue weighted by Gasteiger charge is -2.30. The second-order valence-corrected chi connectivity index (χ2v) is 8.68. The Hall–Kier alpha value is -2.84. The Morgan fingerprint density at radius 2 is 1.67 bits per heavy atom. The van der Waals surface area contributed by atoms with Crippen LogP contribution in [0.4, 0.5) is 5.69 Å². The SMILES string of the molecule is COc1cc(-c2coc(C(C=O)(OC)c3ccc(N4CCCCC4)cc3)n2)cc(OC)c1Br. The number of nitrogens with zero attached hydrogens (tertiary/aromatic N) is 2. The molecule has 1 fully saturated rings. The minimum atomic E-state index is -1.46. The van der Waals surface area contributed by atoms with E-state index in [9.17, 15) is 4.79 Å². The van der Waals surface area contributed by atoms with Crippen LogP contribution in [0.5, 0.6) is 11.5 Å². The summed E-state index contributed by atoms with van der Waals surface area (Å²) in [4.78, 5) is 19.3. The van der Waals surface area contributed by atoms with Crippen molar-refractivity contribution in [3.8, 4) is 22.8 Å². The topological polar surface area (TPSA) is 74.0 Å². The Bertz CT molecular complexity index is 1080. The van der Waals surface area contributed by atoms with Crippen molar-refractivity contribution in [2.45, 2.75) is 24.9 Å². The van der Waals surface area contributed by atoms with Crippen LogP contribution in [0, 0.1) is 0 Å². The van der Waals surface area contributed by atoms with E-state index in [-0.39, 0.29) is 5.89 Å². The van der Waals surface area contributed by atoms with Crippen LogP contribution < -0.4 is 14.4 Å². The van der Waals surface area contributed by atoms with Crippen molar-refractivity contribution in [2.75, 3.05) is 39.3 Å². The molecule has 1 unspecified atom stereocenters. The summed E-state index contributed by atoms with van der Waals surface area (Å²) < 4.78 is 23.0. The Morgan fingerprint density at radius 3 is 2.21 bits per heavy atom. The van der Waals surface area contributed by atoms with Crippen molar-refractivity contribution < 1.29 is 23.4 Å². The van der Waals surface area contributed by atoms with Crippen molar-refractivity contribution in [3.63, 3.8) is 0 Å². The van der Waals surface area contributed by atoms with Crippen LogP contribution in [-0.2, 0) is 15.1 Å². The Kier molecular flexibility index (Phi) is 7.05. The number of aromatic nitrogens is 1. The fourth-order valence-corrected chi connectivity index (χ4v) is 4.71. The monoisotopic (exact) mass is 514 g/mol. The van der Waals surface area contributed by atoms with Gasteiger partial charge in [0.25, 0.3) is 0 Å². The molecule has 0 bridgehead atoms. The van der Waals surface area contributed by atoms with Crippen LogP contribution in [-0.4, -0.2) is 45.7 Å². The zero-order chi connectivity index (χ0) is 23.4. The number of carbonyl (C=O) groups is 1. The number of oxazole rings is 1. The third-order valence-corrected chi connectivity index (χ3v) is 6.85. The molecule has 0 aliphatic carbocycles. The molecule has 0 amide bonds. The standard InChI is InChI=1S/C25H27BrN2O5/c1-30-21-13-17(14-22(31-2)23(21)26)20-15-33-24(27-20)25(16-29,32-3)18-7-9-19(10-8-18)28-11-5-4-6-12-28/h7-10,13-16H,4-6,11-12H2,1-3H3. The molecule has 0 spiro atoms. The molecule has 1 aliphatic heterocycles. The zero-order valence-corrected chi connectivity index (χ0v) is 20.6. The van der Waals surface area contributed by atoms with Crippen molar-refractivity contribution in [1.82, 2.24) is 4.98 Å². The van der Waals surface area contributed by atoms with Gasteiger partial charge in [-0.25, -0.2) is 4.98 Å². The maximum absolute atomic E-state index is 12.4. The molecule has 7 nitrogen and oxygen atoms in total. The Morgan fingerprint density at radius 1 is 1.03 bits per heavy atom.